The summed E-state index contributed by atoms with van der Waals surface area (Å²) in [5, 5.41) is 0. The zero-order chi connectivity index (χ0) is 11.5. The predicted octanol–water partition coefficient (Wildman–Crippen LogP) is 1.14. The van der Waals surface area contributed by atoms with Gasteiger partial charge in [-0.1, -0.05) is 6.42 Å². The van der Waals surface area contributed by atoms with E-state index in [9.17, 15) is 0 Å². The molecule has 2 fully saturated rings. The molecular weight excluding hydrogens is 198 g/mol. The van der Waals surface area contributed by atoms with Crippen LogP contribution in [0.5, 0.6) is 0 Å². The highest BCUT2D eigenvalue weighted by Gasteiger charge is 2.33. The topological polar surface area (TPSA) is 32.5 Å². The predicted molar refractivity (Wildman–Crippen MR) is 68.5 cm³/mol. The number of hydrogen-bond acceptors (Lipinski definition) is 3. The third kappa shape index (κ3) is 2.58. The van der Waals surface area contributed by atoms with E-state index in [0.717, 1.165) is 12.5 Å². The molecule has 3 nitrogen and oxygen atoms in total. The van der Waals surface area contributed by atoms with Crippen molar-refractivity contribution in [3.8, 4) is 0 Å². The van der Waals surface area contributed by atoms with Gasteiger partial charge in [-0.2, -0.15) is 0 Å². The Morgan fingerprint density at radius 1 is 1.25 bits per heavy atom. The van der Waals surface area contributed by atoms with Gasteiger partial charge in [-0.15, -0.1) is 0 Å². The van der Waals surface area contributed by atoms with Crippen LogP contribution in [0, 0.1) is 5.92 Å². The molecule has 0 aromatic heterocycles. The summed E-state index contributed by atoms with van der Waals surface area (Å²) in [5.41, 5.74) is 6.01. The Bertz CT molecular complexity index is 215. The summed E-state index contributed by atoms with van der Waals surface area (Å²) in [4.78, 5) is 5.15. The third-order valence-electron chi connectivity index (χ3n) is 4.46. The molecule has 2 aliphatic rings. The Balaban J connectivity index is 1.98. The smallest absolute Gasteiger partial charge is 0.0249 e. The minimum atomic E-state index is 0.648. The first kappa shape index (κ1) is 12.3. The molecule has 1 heterocycles. The van der Waals surface area contributed by atoms with E-state index in [4.69, 9.17) is 5.73 Å². The Morgan fingerprint density at radius 2 is 2.00 bits per heavy atom. The molecule has 0 radical (unpaired) electrons. The van der Waals surface area contributed by atoms with Crippen LogP contribution in [0.2, 0.25) is 0 Å². The molecule has 0 aromatic rings. The zero-order valence-electron chi connectivity index (χ0n) is 10.9. The molecule has 3 heteroatoms. The Hall–Kier alpha value is -0.120. The number of hydrogen-bond donors (Lipinski definition) is 1. The van der Waals surface area contributed by atoms with Crippen molar-refractivity contribution in [2.24, 2.45) is 11.7 Å². The van der Waals surface area contributed by atoms with Gasteiger partial charge >= 0.3 is 0 Å². The Morgan fingerprint density at radius 3 is 2.56 bits per heavy atom. The zero-order valence-corrected chi connectivity index (χ0v) is 10.9. The van der Waals surface area contributed by atoms with Crippen LogP contribution in [0.3, 0.4) is 0 Å². The van der Waals surface area contributed by atoms with Crippen LogP contribution < -0.4 is 5.73 Å². The second-order valence-electron chi connectivity index (χ2n) is 5.70. The van der Waals surface area contributed by atoms with Gasteiger partial charge in [0.2, 0.25) is 0 Å². The first-order valence-corrected chi connectivity index (χ1v) is 6.86. The summed E-state index contributed by atoms with van der Waals surface area (Å²) >= 11 is 0. The summed E-state index contributed by atoms with van der Waals surface area (Å²) in [6.07, 6.45) is 5.52. The van der Waals surface area contributed by atoms with Crippen molar-refractivity contribution >= 4 is 0 Å². The van der Waals surface area contributed by atoms with E-state index in [1.165, 1.54) is 45.3 Å². The van der Waals surface area contributed by atoms with E-state index < -0.39 is 0 Å². The molecule has 2 atom stereocenters. The lowest BCUT2D eigenvalue weighted by Gasteiger charge is -2.43. The molecule has 0 amide bonds. The fraction of sp³-hybridized carbons (Fsp3) is 1.00. The van der Waals surface area contributed by atoms with Gasteiger partial charge in [-0.3, -0.25) is 4.90 Å². The van der Waals surface area contributed by atoms with Gasteiger partial charge < -0.3 is 10.6 Å². The maximum absolute atomic E-state index is 6.01. The highest BCUT2D eigenvalue weighted by molar-refractivity contribution is 4.89. The minimum Gasteiger partial charge on any atom is -0.329 e. The summed E-state index contributed by atoms with van der Waals surface area (Å²) in [7, 11) is 2.24. The van der Waals surface area contributed by atoms with Gasteiger partial charge in [-0.25, -0.2) is 0 Å². The quantitative estimate of drug-likeness (QED) is 0.782. The lowest BCUT2D eigenvalue weighted by Crippen LogP contribution is -2.52. The second kappa shape index (κ2) is 5.48. The average Bonchev–Trinajstić information content (AvgIpc) is 2.33. The Labute approximate surface area is 100.0 Å². The molecule has 1 saturated heterocycles. The third-order valence-corrected chi connectivity index (χ3v) is 4.46. The van der Waals surface area contributed by atoms with E-state index in [1.54, 1.807) is 0 Å². The number of nitrogens with zero attached hydrogens (tertiary/aromatic N) is 2. The lowest BCUT2D eigenvalue weighted by atomic mass is 9.78. The van der Waals surface area contributed by atoms with Gasteiger partial charge in [-0.05, 0) is 45.7 Å². The highest BCUT2D eigenvalue weighted by Crippen LogP contribution is 2.33. The summed E-state index contributed by atoms with van der Waals surface area (Å²) in [5.74, 6) is 0.885. The van der Waals surface area contributed by atoms with E-state index >= 15 is 0 Å². The van der Waals surface area contributed by atoms with Crippen molar-refractivity contribution in [2.75, 3.05) is 33.2 Å². The molecule has 1 aliphatic heterocycles. The molecule has 2 rings (SSSR count). The maximum atomic E-state index is 6.01. The van der Waals surface area contributed by atoms with Crippen LogP contribution >= 0.6 is 0 Å². The molecule has 1 aliphatic carbocycles. The van der Waals surface area contributed by atoms with E-state index in [-0.39, 0.29) is 0 Å². The van der Waals surface area contributed by atoms with Gasteiger partial charge in [0.25, 0.3) is 0 Å². The van der Waals surface area contributed by atoms with E-state index in [2.05, 4.69) is 23.8 Å². The van der Waals surface area contributed by atoms with E-state index in [0.29, 0.717) is 12.1 Å². The summed E-state index contributed by atoms with van der Waals surface area (Å²) < 4.78 is 0. The lowest BCUT2D eigenvalue weighted by molar-refractivity contribution is 0.0703. The SMILES string of the molecule is CC1CN(C)CCCN1C(CN)C1CCC1. The molecule has 2 N–H and O–H groups in total. The van der Waals surface area contributed by atoms with Crippen LogP contribution in [0.1, 0.15) is 32.6 Å². The van der Waals surface area contributed by atoms with Crippen molar-refractivity contribution < 1.29 is 0 Å². The second-order valence-corrected chi connectivity index (χ2v) is 5.70. The van der Waals surface area contributed by atoms with Crippen molar-refractivity contribution in [1.82, 2.24) is 9.80 Å². The molecule has 94 valence electrons. The highest BCUT2D eigenvalue weighted by atomic mass is 15.3. The number of likely N-dealkylation sites (N-methyl/N-ethyl adjacent to an activating group) is 1. The first-order chi connectivity index (χ1) is 7.72. The van der Waals surface area contributed by atoms with Crippen molar-refractivity contribution in [1.29, 1.82) is 0 Å². The van der Waals surface area contributed by atoms with E-state index in [1.807, 2.05) is 0 Å². The molecule has 0 bridgehead atoms. The van der Waals surface area contributed by atoms with Crippen molar-refractivity contribution in [3.05, 3.63) is 0 Å². The van der Waals surface area contributed by atoms with Crippen LogP contribution in [0.15, 0.2) is 0 Å². The van der Waals surface area contributed by atoms with Crippen molar-refractivity contribution in [2.45, 2.75) is 44.7 Å². The number of rotatable bonds is 3. The van der Waals surface area contributed by atoms with Gasteiger partial charge in [0.15, 0.2) is 0 Å². The minimum absolute atomic E-state index is 0.648. The average molecular weight is 225 g/mol. The van der Waals surface area contributed by atoms with Crippen molar-refractivity contribution in [3.63, 3.8) is 0 Å². The molecule has 2 unspecified atom stereocenters. The number of nitrogens with two attached hydrogens (primary N) is 1. The van der Waals surface area contributed by atoms with Crippen LogP contribution in [-0.2, 0) is 0 Å². The maximum Gasteiger partial charge on any atom is 0.0249 e. The van der Waals surface area contributed by atoms with Gasteiger partial charge in [0, 0.05) is 31.7 Å². The standard InChI is InChI=1S/C13H27N3/c1-11-10-15(2)7-4-8-16(11)13(9-14)12-5-3-6-12/h11-13H,3-10,14H2,1-2H3. The summed E-state index contributed by atoms with van der Waals surface area (Å²) in [6.45, 7) is 6.89. The van der Waals surface area contributed by atoms with Crippen LogP contribution in [-0.4, -0.2) is 55.1 Å². The molecule has 0 aromatic carbocycles. The van der Waals surface area contributed by atoms with Gasteiger partial charge in [0.1, 0.15) is 0 Å². The monoisotopic (exact) mass is 225 g/mol. The Kier molecular flexibility index (Phi) is 4.22. The largest absolute Gasteiger partial charge is 0.329 e. The fourth-order valence-electron chi connectivity index (χ4n) is 3.31. The normalized spacial score (nSPS) is 32.1. The molecular formula is C13H27N3. The first-order valence-electron chi connectivity index (χ1n) is 6.86. The summed E-state index contributed by atoms with van der Waals surface area (Å²) in [6, 6.07) is 1.32. The molecule has 1 saturated carbocycles. The van der Waals surface area contributed by atoms with Crippen LogP contribution in [0.25, 0.3) is 0 Å². The molecule has 0 spiro atoms. The van der Waals surface area contributed by atoms with Gasteiger partial charge in [0.05, 0.1) is 0 Å². The molecule has 16 heavy (non-hydrogen) atoms. The fourth-order valence-corrected chi connectivity index (χ4v) is 3.31. The van der Waals surface area contributed by atoms with Crippen LogP contribution in [0.4, 0.5) is 0 Å².